The number of hydrogen-bond donors (Lipinski definition) is 2. The number of rotatable bonds is 2. The van der Waals surface area contributed by atoms with Crippen molar-refractivity contribution in [3.05, 3.63) is 58.3 Å². The fraction of sp³-hybridized carbons (Fsp3) is 0. The lowest BCUT2D eigenvalue weighted by atomic mass is 10.2. The fourth-order valence-corrected chi connectivity index (χ4v) is 1.76. The van der Waals surface area contributed by atoms with E-state index in [1.165, 1.54) is 30.7 Å². The van der Waals surface area contributed by atoms with Crippen molar-refractivity contribution in [1.29, 1.82) is 0 Å². The summed E-state index contributed by atoms with van der Waals surface area (Å²) in [6, 6.07) is 3.65. The first-order valence-electron chi connectivity index (χ1n) is 5.39. The van der Waals surface area contributed by atoms with Gasteiger partial charge in [0.05, 0.1) is 11.8 Å². The third kappa shape index (κ3) is 3.35. The quantitative estimate of drug-likeness (QED) is 0.812. The molecule has 0 bridgehead atoms. The Bertz CT molecular complexity index is 651. The van der Waals surface area contributed by atoms with Gasteiger partial charge in [-0.15, -0.1) is 0 Å². The molecule has 2 aromatic rings. The topological polar surface area (TPSA) is 84.0 Å². The van der Waals surface area contributed by atoms with Crippen LogP contribution in [0.5, 0.6) is 0 Å². The molecule has 0 aliphatic carbocycles. The van der Waals surface area contributed by atoms with Gasteiger partial charge in [0.2, 0.25) is 0 Å². The number of nitrogens with one attached hydrogen (secondary N) is 2. The first-order valence-corrected chi connectivity index (χ1v) is 6.19. The Balaban J connectivity index is 2.02. The standard InChI is InChI=1S/C12H8BrFN4O2/c13-9-2-1-7(14)5-8(9)11(19)17-18-12(20)10-6-15-3-4-16-10/h1-6H,(H,17,19)(H,18,20). The molecule has 0 saturated carbocycles. The van der Waals surface area contributed by atoms with Crippen molar-refractivity contribution in [3.63, 3.8) is 0 Å². The van der Waals surface area contributed by atoms with Crippen LogP contribution in [0.3, 0.4) is 0 Å². The number of carbonyl (C=O) groups is 2. The van der Waals surface area contributed by atoms with Crippen LogP contribution in [0.25, 0.3) is 0 Å². The predicted molar refractivity (Wildman–Crippen MR) is 71.1 cm³/mol. The van der Waals surface area contributed by atoms with Crippen molar-refractivity contribution >= 4 is 27.7 Å². The third-order valence-electron chi connectivity index (χ3n) is 2.26. The molecule has 2 amide bonds. The number of amides is 2. The summed E-state index contributed by atoms with van der Waals surface area (Å²) < 4.78 is 13.5. The number of aromatic nitrogens is 2. The van der Waals surface area contributed by atoms with E-state index in [-0.39, 0.29) is 11.3 Å². The normalized spacial score (nSPS) is 9.90. The molecule has 8 heteroatoms. The van der Waals surface area contributed by atoms with Gasteiger partial charge in [0, 0.05) is 16.9 Å². The van der Waals surface area contributed by atoms with E-state index in [1.54, 1.807) is 0 Å². The lowest BCUT2D eigenvalue weighted by Gasteiger charge is -2.08. The minimum absolute atomic E-state index is 0.0473. The van der Waals surface area contributed by atoms with Gasteiger partial charge < -0.3 is 0 Å². The molecule has 0 aliphatic rings. The molecule has 102 valence electrons. The molecular weight excluding hydrogens is 331 g/mol. The van der Waals surface area contributed by atoms with E-state index in [0.717, 1.165) is 6.07 Å². The number of hydrazine groups is 1. The molecule has 0 spiro atoms. The maximum Gasteiger partial charge on any atom is 0.289 e. The van der Waals surface area contributed by atoms with Crippen molar-refractivity contribution in [2.75, 3.05) is 0 Å². The van der Waals surface area contributed by atoms with Gasteiger partial charge in [-0.05, 0) is 34.1 Å². The minimum atomic E-state index is -0.659. The van der Waals surface area contributed by atoms with E-state index < -0.39 is 17.6 Å². The van der Waals surface area contributed by atoms with E-state index >= 15 is 0 Å². The molecule has 0 saturated heterocycles. The molecule has 0 radical (unpaired) electrons. The van der Waals surface area contributed by atoms with Crippen LogP contribution in [0.1, 0.15) is 20.8 Å². The summed E-state index contributed by atoms with van der Waals surface area (Å²) in [5.41, 5.74) is 4.43. The number of carbonyl (C=O) groups excluding carboxylic acids is 2. The summed E-state index contributed by atoms with van der Waals surface area (Å²) in [7, 11) is 0. The van der Waals surface area contributed by atoms with Gasteiger partial charge in [-0.3, -0.25) is 25.4 Å². The van der Waals surface area contributed by atoms with Gasteiger partial charge >= 0.3 is 0 Å². The molecule has 1 heterocycles. The van der Waals surface area contributed by atoms with Crippen molar-refractivity contribution < 1.29 is 14.0 Å². The highest BCUT2D eigenvalue weighted by molar-refractivity contribution is 9.10. The van der Waals surface area contributed by atoms with Gasteiger partial charge in [-0.1, -0.05) is 0 Å². The van der Waals surface area contributed by atoms with Crippen molar-refractivity contribution in [3.8, 4) is 0 Å². The average molecular weight is 339 g/mol. The van der Waals surface area contributed by atoms with Crippen LogP contribution in [0.4, 0.5) is 4.39 Å². The molecular formula is C12H8BrFN4O2. The zero-order chi connectivity index (χ0) is 14.5. The van der Waals surface area contributed by atoms with Crippen molar-refractivity contribution in [2.24, 2.45) is 0 Å². The highest BCUT2D eigenvalue weighted by Crippen LogP contribution is 2.17. The zero-order valence-electron chi connectivity index (χ0n) is 9.93. The largest absolute Gasteiger partial charge is 0.289 e. The Morgan fingerprint density at radius 1 is 1.15 bits per heavy atom. The Morgan fingerprint density at radius 2 is 1.90 bits per heavy atom. The van der Waals surface area contributed by atoms with E-state index in [4.69, 9.17) is 0 Å². The monoisotopic (exact) mass is 338 g/mol. The Kier molecular flexibility index (Phi) is 4.36. The van der Waals surface area contributed by atoms with Gasteiger partial charge in [0.25, 0.3) is 11.8 Å². The Labute approximate surface area is 121 Å². The molecule has 0 aliphatic heterocycles. The second-order valence-corrected chi connectivity index (χ2v) is 4.48. The van der Waals surface area contributed by atoms with Crippen LogP contribution >= 0.6 is 15.9 Å². The van der Waals surface area contributed by atoms with Gasteiger partial charge in [-0.25, -0.2) is 9.37 Å². The third-order valence-corrected chi connectivity index (χ3v) is 2.95. The highest BCUT2D eigenvalue weighted by atomic mass is 79.9. The second-order valence-electron chi connectivity index (χ2n) is 3.62. The van der Waals surface area contributed by atoms with Crippen LogP contribution < -0.4 is 10.9 Å². The van der Waals surface area contributed by atoms with E-state index in [2.05, 4.69) is 36.7 Å². The zero-order valence-corrected chi connectivity index (χ0v) is 11.5. The number of nitrogens with zero attached hydrogens (tertiary/aromatic N) is 2. The predicted octanol–water partition coefficient (Wildman–Crippen LogP) is 1.45. The maximum absolute atomic E-state index is 13.1. The number of halogens is 2. The van der Waals surface area contributed by atoms with Crippen LogP contribution in [-0.2, 0) is 0 Å². The molecule has 0 fully saturated rings. The smallest absolute Gasteiger partial charge is 0.267 e. The lowest BCUT2D eigenvalue weighted by Crippen LogP contribution is -2.42. The van der Waals surface area contributed by atoms with Crippen LogP contribution in [0, 0.1) is 5.82 Å². The maximum atomic E-state index is 13.1. The fourth-order valence-electron chi connectivity index (χ4n) is 1.33. The Morgan fingerprint density at radius 3 is 2.60 bits per heavy atom. The SMILES string of the molecule is O=C(NNC(=O)c1cc(F)ccc1Br)c1cnccn1. The van der Waals surface area contributed by atoms with Gasteiger partial charge in [0.15, 0.2) is 0 Å². The molecule has 1 aromatic heterocycles. The Hall–Kier alpha value is -2.35. The van der Waals surface area contributed by atoms with Gasteiger partial charge in [0.1, 0.15) is 11.5 Å². The first kappa shape index (κ1) is 14.1. The summed E-state index contributed by atoms with van der Waals surface area (Å²) in [4.78, 5) is 30.9. The average Bonchev–Trinajstić information content (AvgIpc) is 2.47. The number of hydrogen-bond acceptors (Lipinski definition) is 4. The van der Waals surface area contributed by atoms with Crippen LogP contribution in [0.2, 0.25) is 0 Å². The molecule has 2 rings (SSSR count). The van der Waals surface area contributed by atoms with Crippen LogP contribution in [0.15, 0.2) is 41.3 Å². The van der Waals surface area contributed by atoms with E-state index in [0.29, 0.717) is 4.47 Å². The summed E-state index contributed by atoms with van der Waals surface area (Å²) in [6.07, 6.45) is 4.01. The molecule has 1 aromatic carbocycles. The van der Waals surface area contributed by atoms with Crippen LogP contribution in [-0.4, -0.2) is 21.8 Å². The molecule has 0 atom stereocenters. The summed E-state index contributed by atoms with van der Waals surface area (Å²) >= 11 is 3.12. The summed E-state index contributed by atoms with van der Waals surface area (Å²) in [6.45, 7) is 0. The first-order chi connectivity index (χ1) is 9.58. The van der Waals surface area contributed by atoms with Gasteiger partial charge in [-0.2, -0.15) is 0 Å². The molecule has 0 unspecified atom stereocenters. The highest BCUT2D eigenvalue weighted by Gasteiger charge is 2.13. The molecule has 6 nitrogen and oxygen atoms in total. The molecule has 2 N–H and O–H groups in total. The van der Waals surface area contributed by atoms with Crippen molar-refractivity contribution in [2.45, 2.75) is 0 Å². The van der Waals surface area contributed by atoms with Crippen molar-refractivity contribution in [1.82, 2.24) is 20.8 Å². The van der Waals surface area contributed by atoms with E-state index in [1.807, 2.05) is 0 Å². The second kappa shape index (κ2) is 6.20. The summed E-state index contributed by atoms with van der Waals surface area (Å²) in [5.74, 6) is -1.84. The number of benzene rings is 1. The van der Waals surface area contributed by atoms with E-state index in [9.17, 15) is 14.0 Å². The molecule has 20 heavy (non-hydrogen) atoms. The lowest BCUT2D eigenvalue weighted by molar-refractivity contribution is 0.0843. The minimum Gasteiger partial charge on any atom is -0.267 e. The summed E-state index contributed by atoms with van der Waals surface area (Å²) in [5, 5.41) is 0.